The average Bonchev–Trinajstić information content (AvgIpc) is 2.80. The molecule has 0 bridgehead atoms. The van der Waals surface area contributed by atoms with Gasteiger partial charge in [0.25, 0.3) is 0 Å². The van der Waals surface area contributed by atoms with Crippen molar-refractivity contribution in [2.45, 2.75) is 26.3 Å². The highest BCUT2D eigenvalue weighted by atomic mass is 32.1. The largest absolute Gasteiger partial charge is 0.379 e. The van der Waals surface area contributed by atoms with Crippen molar-refractivity contribution in [3.05, 3.63) is 35.0 Å². The SMILES string of the molecule is CCCOCC(NCC)c1cc2ccc(F)cc2s1. The minimum absolute atomic E-state index is 0.178. The van der Waals surface area contributed by atoms with Crippen LogP contribution in [0.4, 0.5) is 4.39 Å². The Kier molecular flexibility index (Phi) is 5.31. The van der Waals surface area contributed by atoms with Gasteiger partial charge in [-0.3, -0.25) is 0 Å². The van der Waals surface area contributed by atoms with Gasteiger partial charge in [0.1, 0.15) is 5.82 Å². The van der Waals surface area contributed by atoms with Gasteiger partial charge >= 0.3 is 0 Å². The molecule has 1 aromatic heterocycles. The van der Waals surface area contributed by atoms with Crippen molar-refractivity contribution in [1.82, 2.24) is 5.32 Å². The zero-order valence-corrected chi connectivity index (χ0v) is 12.2. The first-order valence-electron chi connectivity index (χ1n) is 6.74. The molecule has 1 N–H and O–H groups in total. The summed E-state index contributed by atoms with van der Waals surface area (Å²) in [5.41, 5.74) is 0. The van der Waals surface area contributed by atoms with E-state index in [4.69, 9.17) is 4.74 Å². The number of hydrogen-bond acceptors (Lipinski definition) is 3. The lowest BCUT2D eigenvalue weighted by Crippen LogP contribution is -2.24. The summed E-state index contributed by atoms with van der Waals surface area (Å²) in [6.45, 7) is 6.52. The minimum atomic E-state index is -0.178. The molecule has 1 heterocycles. The van der Waals surface area contributed by atoms with Crippen LogP contribution >= 0.6 is 11.3 Å². The Morgan fingerprint density at radius 1 is 1.32 bits per heavy atom. The van der Waals surface area contributed by atoms with Gasteiger partial charge in [0.15, 0.2) is 0 Å². The molecule has 0 saturated heterocycles. The van der Waals surface area contributed by atoms with E-state index in [-0.39, 0.29) is 11.9 Å². The molecular formula is C15H20FNOS. The summed E-state index contributed by atoms with van der Waals surface area (Å²) in [6.07, 6.45) is 1.02. The smallest absolute Gasteiger partial charge is 0.124 e. The van der Waals surface area contributed by atoms with Crippen LogP contribution in [0.1, 0.15) is 31.2 Å². The second-order valence-electron chi connectivity index (χ2n) is 4.52. The molecule has 1 atom stereocenters. The second-order valence-corrected chi connectivity index (χ2v) is 5.63. The summed E-state index contributed by atoms with van der Waals surface area (Å²) >= 11 is 1.64. The average molecular weight is 281 g/mol. The molecule has 0 spiro atoms. The molecule has 0 aliphatic heterocycles. The van der Waals surface area contributed by atoms with Crippen LogP contribution in [0.3, 0.4) is 0 Å². The molecule has 4 heteroatoms. The number of halogens is 1. The quantitative estimate of drug-likeness (QED) is 0.771. The summed E-state index contributed by atoms with van der Waals surface area (Å²) in [4.78, 5) is 1.21. The Bertz CT molecular complexity index is 526. The number of thiophene rings is 1. The fraction of sp³-hybridized carbons (Fsp3) is 0.467. The Morgan fingerprint density at radius 2 is 2.16 bits per heavy atom. The Labute approximate surface area is 117 Å². The van der Waals surface area contributed by atoms with E-state index in [2.05, 4.69) is 25.2 Å². The molecule has 0 amide bonds. The first kappa shape index (κ1) is 14.4. The van der Waals surface area contributed by atoms with Crippen LogP contribution in [-0.2, 0) is 4.74 Å². The van der Waals surface area contributed by atoms with E-state index in [0.29, 0.717) is 6.61 Å². The summed E-state index contributed by atoms with van der Waals surface area (Å²) in [5.74, 6) is -0.178. The Morgan fingerprint density at radius 3 is 2.89 bits per heavy atom. The second kappa shape index (κ2) is 6.98. The van der Waals surface area contributed by atoms with Crippen molar-refractivity contribution in [2.24, 2.45) is 0 Å². The van der Waals surface area contributed by atoms with Crippen molar-refractivity contribution in [1.29, 1.82) is 0 Å². The molecule has 0 fully saturated rings. The van der Waals surface area contributed by atoms with Crippen molar-refractivity contribution in [2.75, 3.05) is 19.8 Å². The van der Waals surface area contributed by atoms with Crippen LogP contribution in [0.5, 0.6) is 0 Å². The number of nitrogens with one attached hydrogen (secondary N) is 1. The normalized spacial score (nSPS) is 13.0. The maximum Gasteiger partial charge on any atom is 0.124 e. The minimum Gasteiger partial charge on any atom is -0.379 e. The number of hydrogen-bond donors (Lipinski definition) is 1. The van der Waals surface area contributed by atoms with Crippen LogP contribution in [-0.4, -0.2) is 19.8 Å². The van der Waals surface area contributed by atoms with Crippen LogP contribution in [0.15, 0.2) is 24.3 Å². The van der Waals surface area contributed by atoms with Gasteiger partial charge in [-0.25, -0.2) is 4.39 Å². The first-order chi connectivity index (χ1) is 9.24. The van der Waals surface area contributed by atoms with Gasteiger partial charge in [0.2, 0.25) is 0 Å². The molecule has 2 rings (SSSR count). The molecule has 1 aromatic carbocycles. The topological polar surface area (TPSA) is 21.3 Å². The van der Waals surface area contributed by atoms with Gasteiger partial charge in [0.05, 0.1) is 12.6 Å². The van der Waals surface area contributed by atoms with Crippen molar-refractivity contribution in [3.8, 4) is 0 Å². The summed E-state index contributed by atoms with van der Waals surface area (Å²) in [7, 11) is 0. The molecule has 19 heavy (non-hydrogen) atoms. The fourth-order valence-electron chi connectivity index (χ4n) is 2.03. The summed E-state index contributed by atoms with van der Waals surface area (Å²) < 4.78 is 19.8. The first-order valence-corrected chi connectivity index (χ1v) is 7.56. The zero-order valence-electron chi connectivity index (χ0n) is 11.4. The van der Waals surface area contributed by atoms with Crippen molar-refractivity contribution in [3.63, 3.8) is 0 Å². The van der Waals surface area contributed by atoms with Crippen molar-refractivity contribution < 1.29 is 9.13 Å². The maximum absolute atomic E-state index is 13.2. The number of likely N-dealkylation sites (N-methyl/N-ethyl adjacent to an activating group) is 1. The van der Waals surface area contributed by atoms with E-state index in [9.17, 15) is 4.39 Å². The lowest BCUT2D eigenvalue weighted by Gasteiger charge is -2.16. The number of ether oxygens (including phenoxy) is 1. The lowest BCUT2D eigenvalue weighted by molar-refractivity contribution is 0.113. The standard InChI is InChI=1S/C15H20FNOS/c1-3-7-18-10-13(17-4-2)15-8-11-5-6-12(16)9-14(11)19-15/h5-6,8-9,13,17H,3-4,7,10H2,1-2H3. The van der Waals surface area contributed by atoms with Crippen LogP contribution in [0.2, 0.25) is 0 Å². The lowest BCUT2D eigenvalue weighted by atomic mass is 10.2. The molecule has 1 unspecified atom stereocenters. The third-order valence-corrected chi connectivity index (χ3v) is 4.14. The number of rotatable bonds is 7. The van der Waals surface area contributed by atoms with Crippen LogP contribution in [0, 0.1) is 5.82 Å². The van der Waals surface area contributed by atoms with Gasteiger partial charge in [-0.1, -0.05) is 19.9 Å². The monoisotopic (exact) mass is 281 g/mol. The van der Waals surface area contributed by atoms with Gasteiger partial charge in [-0.2, -0.15) is 0 Å². The zero-order chi connectivity index (χ0) is 13.7. The molecule has 104 valence electrons. The Hall–Kier alpha value is -0.970. The van der Waals surface area contributed by atoms with E-state index in [0.717, 1.165) is 29.7 Å². The number of fused-ring (bicyclic) bond motifs is 1. The van der Waals surface area contributed by atoms with E-state index in [1.807, 2.05) is 6.07 Å². The van der Waals surface area contributed by atoms with E-state index in [1.54, 1.807) is 17.4 Å². The van der Waals surface area contributed by atoms with E-state index < -0.39 is 0 Å². The molecule has 2 aromatic rings. The maximum atomic E-state index is 13.2. The van der Waals surface area contributed by atoms with E-state index >= 15 is 0 Å². The van der Waals surface area contributed by atoms with Gasteiger partial charge < -0.3 is 10.1 Å². The molecule has 2 nitrogen and oxygen atoms in total. The molecule has 0 saturated carbocycles. The highest BCUT2D eigenvalue weighted by Gasteiger charge is 2.14. The number of benzene rings is 1. The fourth-order valence-corrected chi connectivity index (χ4v) is 3.18. The van der Waals surface area contributed by atoms with Gasteiger partial charge in [-0.05, 0) is 36.6 Å². The van der Waals surface area contributed by atoms with E-state index in [1.165, 1.54) is 10.9 Å². The molecule has 0 radical (unpaired) electrons. The van der Waals surface area contributed by atoms with Gasteiger partial charge in [0, 0.05) is 16.2 Å². The van der Waals surface area contributed by atoms with Crippen LogP contribution in [0.25, 0.3) is 10.1 Å². The van der Waals surface area contributed by atoms with Crippen LogP contribution < -0.4 is 5.32 Å². The third kappa shape index (κ3) is 3.75. The predicted molar refractivity (Wildman–Crippen MR) is 79.3 cm³/mol. The predicted octanol–water partition coefficient (Wildman–Crippen LogP) is 4.12. The summed E-state index contributed by atoms with van der Waals surface area (Å²) in [6, 6.07) is 7.26. The molecule has 0 aliphatic rings. The molecular weight excluding hydrogens is 261 g/mol. The Balaban J connectivity index is 2.17. The van der Waals surface area contributed by atoms with Crippen molar-refractivity contribution >= 4 is 21.4 Å². The highest BCUT2D eigenvalue weighted by molar-refractivity contribution is 7.19. The van der Waals surface area contributed by atoms with Gasteiger partial charge in [-0.15, -0.1) is 11.3 Å². The molecule has 0 aliphatic carbocycles. The highest BCUT2D eigenvalue weighted by Crippen LogP contribution is 2.30. The third-order valence-electron chi connectivity index (χ3n) is 2.93. The summed E-state index contributed by atoms with van der Waals surface area (Å²) in [5, 5.41) is 4.52.